The SMILES string of the molecule is CCCNC(=NC)NCC(OC)c1ccc(F)cc1. The minimum atomic E-state index is -0.244. The molecule has 0 aliphatic heterocycles. The summed E-state index contributed by atoms with van der Waals surface area (Å²) in [6, 6.07) is 6.33. The first-order chi connectivity index (χ1) is 9.21. The molecule has 0 bridgehead atoms. The number of aliphatic imine (C=N–C) groups is 1. The van der Waals surface area contributed by atoms with Crippen molar-refractivity contribution in [1.29, 1.82) is 0 Å². The van der Waals surface area contributed by atoms with Crippen LogP contribution >= 0.6 is 0 Å². The van der Waals surface area contributed by atoms with Crippen LogP contribution in [0.5, 0.6) is 0 Å². The van der Waals surface area contributed by atoms with Crippen molar-refractivity contribution in [2.75, 3.05) is 27.2 Å². The first kappa shape index (κ1) is 15.4. The van der Waals surface area contributed by atoms with Gasteiger partial charge in [-0.2, -0.15) is 0 Å². The maximum Gasteiger partial charge on any atom is 0.191 e. The molecule has 1 atom stereocenters. The molecule has 19 heavy (non-hydrogen) atoms. The summed E-state index contributed by atoms with van der Waals surface area (Å²) in [6.07, 6.45) is 0.896. The van der Waals surface area contributed by atoms with Gasteiger partial charge in [-0.25, -0.2) is 4.39 Å². The number of rotatable bonds is 6. The van der Waals surface area contributed by atoms with E-state index in [-0.39, 0.29) is 11.9 Å². The molecule has 1 aromatic carbocycles. The van der Waals surface area contributed by atoms with Crippen molar-refractivity contribution < 1.29 is 9.13 Å². The molecule has 4 nitrogen and oxygen atoms in total. The Kier molecular flexibility index (Phi) is 6.89. The lowest BCUT2D eigenvalue weighted by Gasteiger charge is -2.18. The van der Waals surface area contributed by atoms with Crippen LogP contribution < -0.4 is 10.6 Å². The van der Waals surface area contributed by atoms with Crippen LogP contribution in [0.1, 0.15) is 25.0 Å². The van der Waals surface area contributed by atoms with E-state index in [1.54, 1.807) is 26.3 Å². The summed E-state index contributed by atoms with van der Waals surface area (Å²) in [4.78, 5) is 4.12. The minimum Gasteiger partial charge on any atom is -0.375 e. The second-order valence-electron chi connectivity index (χ2n) is 4.16. The molecule has 0 aromatic heterocycles. The Morgan fingerprint density at radius 3 is 2.53 bits per heavy atom. The van der Waals surface area contributed by atoms with Crippen molar-refractivity contribution in [2.24, 2.45) is 4.99 Å². The number of nitrogens with one attached hydrogen (secondary N) is 2. The van der Waals surface area contributed by atoms with Crippen molar-refractivity contribution in [2.45, 2.75) is 19.4 Å². The smallest absolute Gasteiger partial charge is 0.191 e. The van der Waals surface area contributed by atoms with Gasteiger partial charge in [-0.3, -0.25) is 4.99 Å². The molecule has 2 N–H and O–H groups in total. The lowest BCUT2D eigenvalue weighted by atomic mass is 10.1. The van der Waals surface area contributed by atoms with Crippen LogP contribution in [-0.2, 0) is 4.74 Å². The third-order valence-corrected chi connectivity index (χ3v) is 2.75. The Morgan fingerprint density at radius 1 is 1.32 bits per heavy atom. The van der Waals surface area contributed by atoms with Crippen LogP contribution in [0.3, 0.4) is 0 Å². The van der Waals surface area contributed by atoms with Crippen molar-refractivity contribution in [3.63, 3.8) is 0 Å². The highest BCUT2D eigenvalue weighted by atomic mass is 19.1. The van der Waals surface area contributed by atoms with Crippen molar-refractivity contribution in [3.8, 4) is 0 Å². The zero-order chi connectivity index (χ0) is 14.1. The summed E-state index contributed by atoms with van der Waals surface area (Å²) in [5.41, 5.74) is 0.933. The summed E-state index contributed by atoms with van der Waals surface area (Å²) in [5, 5.41) is 6.37. The second kappa shape index (κ2) is 8.48. The molecule has 5 heteroatoms. The Labute approximate surface area is 114 Å². The maximum absolute atomic E-state index is 12.9. The molecule has 0 radical (unpaired) electrons. The molecule has 0 saturated carbocycles. The third kappa shape index (κ3) is 5.26. The number of guanidine groups is 1. The van der Waals surface area contributed by atoms with E-state index >= 15 is 0 Å². The average molecular weight is 267 g/mol. The van der Waals surface area contributed by atoms with E-state index in [4.69, 9.17) is 4.74 Å². The maximum atomic E-state index is 12.9. The summed E-state index contributed by atoms with van der Waals surface area (Å²) >= 11 is 0. The van der Waals surface area contributed by atoms with Gasteiger partial charge in [0.25, 0.3) is 0 Å². The first-order valence-electron chi connectivity index (χ1n) is 6.44. The van der Waals surface area contributed by atoms with E-state index in [9.17, 15) is 4.39 Å². The van der Waals surface area contributed by atoms with Gasteiger partial charge >= 0.3 is 0 Å². The number of nitrogens with zero attached hydrogens (tertiary/aromatic N) is 1. The molecule has 0 aliphatic rings. The number of methoxy groups -OCH3 is 1. The van der Waals surface area contributed by atoms with Crippen LogP contribution in [0.2, 0.25) is 0 Å². The molecule has 1 rings (SSSR count). The average Bonchev–Trinajstić information content (AvgIpc) is 2.44. The number of hydrogen-bond donors (Lipinski definition) is 2. The molecular weight excluding hydrogens is 245 g/mol. The summed E-state index contributed by atoms with van der Waals surface area (Å²) in [5.74, 6) is 0.498. The lowest BCUT2D eigenvalue weighted by molar-refractivity contribution is 0.106. The van der Waals surface area contributed by atoms with E-state index in [1.807, 2.05) is 0 Å². The minimum absolute atomic E-state index is 0.138. The van der Waals surface area contributed by atoms with Gasteiger partial charge in [-0.05, 0) is 24.1 Å². The highest BCUT2D eigenvalue weighted by molar-refractivity contribution is 5.79. The molecule has 106 valence electrons. The summed E-state index contributed by atoms with van der Waals surface area (Å²) in [6.45, 7) is 3.54. The van der Waals surface area contributed by atoms with E-state index < -0.39 is 0 Å². The monoisotopic (exact) mass is 267 g/mol. The highest BCUT2D eigenvalue weighted by Gasteiger charge is 2.11. The summed E-state index contributed by atoms with van der Waals surface area (Å²) in [7, 11) is 3.36. The fraction of sp³-hybridized carbons (Fsp3) is 0.500. The Morgan fingerprint density at radius 2 is 2.00 bits per heavy atom. The van der Waals surface area contributed by atoms with Crippen molar-refractivity contribution in [3.05, 3.63) is 35.6 Å². The molecule has 0 spiro atoms. The van der Waals surface area contributed by atoms with Crippen LogP contribution in [0.25, 0.3) is 0 Å². The zero-order valence-electron chi connectivity index (χ0n) is 11.7. The zero-order valence-corrected chi connectivity index (χ0v) is 11.7. The molecule has 0 saturated heterocycles. The van der Waals surface area contributed by atoms with Crippen LogP contribution in [0, 0.1) is 5.82 Å². The molecule has 0 amide bonds. The molecule has 0 fully saturated rings. The van der Waals surface area contributed by atoms with E-state index in [2.05, 4.69) is 22.5 Å². The summed E-state index contributed by atoms with van der Waals surface area (Å²) < 4.78 is 18.3. The Bertz CT molecular complexity index is 392. The quantitative estimate of drug-likeness (QED) is 0.613. The topological polar surface area (TPSA) is 45.7 Å². The molecule has 1 unspecified atom stereocenters. The van der Waals surface area contributed by atoms with Gasteiger partial charge in [-0.15, -0.1) is 0 Å². The van der Waals surface area contributed by atoms with Gasteiger partial charge in [0.2, 0.25) is 0 Å². The van der Waals surface area contributed by atoms with E-state index in [0.717, 1.165) is 24.5 Å². The molecule has 1 aromatic rings. The standard InChI is InChI=1S/C14H22FN3O/c1-4-9-17-14(16-2)18-10-13(19-3)11-5-7-12(15)8-6-11/h5-8,13H,4,9-10H2,1-3H3,(H2,16,17,18). The fourth-order valence-electron chi connectivity index (χ4n) is 1.67. The highest BCUT2D eigenvalue weighted by Crippen LogP contribution is 2.15. The fourth-order valence-corrected chi connectivity index (χ4v) is 1.67. The normalized spacial score (nSPS) is 13.2. The van der Waals surface area contributed by atoms with E-state index in [0.29, 0.717) is 6.54 Å². The lowest BCUT2D eigenvalue weighted by Crippen LogP contribution is -2.39. The Balaban J connectivity index is 2.55. The van der Waals surface area contributed by atoms with Gasteiger partial charge in [-0.1, -0.05) is 19.1 Å². The Hall–Kier alpha value is -1.62. The molecular formula is C14H22FN3O. The third-order valence-electron chi connectivity index (χ3n) is 2.75. The molecule has 0 aliphatic carbocycles. The van der Waals surface area contributed by atoms with Crippen LogP contribution in [0.15, 0.2) is 29.3 Å². The largest absolute Gasteiger partial charge is 0.375 e. The number of benzene rings is 1. The second-order valence-corrected chi connectivity index (χ2v) is 4.16. The van der Waals surface area contributed by atoms with Crippen LogP contribution in [-0.4, -0.2) is 33.2 Å². The van der Waals surface area contributed by atoms with Gasteiger partial charge < -0.3 is 15.4 Å². The first-order valence-corrected chi connectivity index (χ1v) is 6.44. The predicted octanol–water partition coefficient (Wildman–Crippen LogP) is 2.09. The van der Waals surface area contributed by atoms with Gasteiger partial charge in [0.05, 0.1) is 6.10 Å². The predicted molar refractivity (Wildman–Crippen MR) is 75.8 cm³/mol. The van der Waals surface area contributed by atoms with E-state index in [1.165, 1.54) is 12.1 Å². The van der Waals surface area contributed by atoms with Gasteiger partial charge in [0, 0.05) is 27.2 Å². The van der Waals surface area contributed by atoms with Gasteiger partial charge in [0.15, 0.2) is 5.96 Å². The van der Waals surface area contributed by atoms with Crippen molar-refractivity contribution >= 4 is 5.96 Å². The molecule has 0 heterocycles. The number of halogens is 1. The van der Waals surface area contributed by atoms with Crippen LogP contribution in [0.4, 0.5) is 4.39 Å². The van der Waals surface area contributed by atoms with Gasteiger partial charge in [0.1, 0.15) is 5.82 Å². The number of hydrogen-bond acceptors (Lipinski definition) is 2. The van der Waals surface area contributed by atoms with Crippen molar-refractivity contribution in [1.82, 2.24) is 10.6 Å². The number of ether oxygens (including phenoxy) is 1.